The topological polar surface area (TPSA) is 70.1 Å². The van der Waals surface area contributed by atoms with Gasteiger partial charge in [0.1, 0.15) is 0 Å². The van der Waals surface area contributed by atoms with Crippen LogP contribution in [-0.2, 0) is 9.53 Å². The molecule has 102 valence electrons. The minimum Gasteiger partial charge on any atom is -0.481 e. The van der Waals surface area contributed by atoms with Crippen LogP contribution in [0.5, 0.6) is 0 Å². The molecule has 2 rings (SSSR count). The van der Waals surface area contributed by atoms with Crippen LogP contribution in [-0.4, -0.2) is 66.3 Å². The number of carboxylic acids is 1. The predicted molar refractivity (Wildman–Crippen MR) is 64.3 cm³/mol. The zero-order valence-electron chi connectivity index (χ0n) is 10.8. The maximum absolute atomic E-state index is 12.3. The standard InChI is InChI=1S/C12H20N2O4/c1-13(5-6-18-2)12(17)14-8-3-4-10(14)9(7-8)11(15)16/h8-10H,3-7H2,1-2H3,(H,15,16). The molecule has 18 heavy (non-hydrogen) atoms. The fraction of sp³-hybridized carbons (Fsp3) is 0.833. The molecule has 2 heterocycles. The molecule has 2 amide bonds. The second-order valence-corrected chi connectivity index (χ2v) is 5.08. The fourth-order valence-electron chi connectivity index (χ4n) is 3.07. The van der Waals surface area contributed by atoms with E-state index in [1.54, 1.807) is 24.0 Å². The predicted octanol–water partition coefficient (Wildman–Crippen LogP) is 0.622. The number of carbonyl (C=O) groups is 2. The summed E-state index contributed by atoms with van der Waals surface area (Å²) in [5.41, 5.74) is 0. The minimum atomic E-state index is -0.778. The van der Waals surface area contributed by atoms with E-state index in [9.17, 15) is 9.59 Å². The zero-order valence-corrected chi connectivity index (χ0v) is 10.8. The lowest BCUT2D eigenvalue weighted by Crippen LogP contribution is -2.46. The molecule has 0 saturated carbocycles. The van der Waals surface area contributed by atoms with Crippen LogP contribution in [0.2, 0.25) is 0 Å². The van der Waals surface area contributed by atoms with Crippen molar-refractivity contribution in [2.75, 3.05) is 27.3 Å². The lowest BCUT2D eigenvalue weighted by molar-refractivity contribution is -0.142. The molecule has 2 bridgehead atoms. The third-order valence-corrected chi connectivity index (χ3v) is 4.03. The highest BCUT2D eigenvalue weighted by molar-refractivity contribution is 5.79. The molecule has 0 spiro atoms. The van der Waals surface area contributed by atoms with Crippen molar-refractivity contribution in [1.29, 1.82) is 0 Å². The van der Waals surface area contributed by atoms with Gasteiger partial charge in [-0.3, -0.25) is 4.79 Å². The third-order valence-electron chi connectivity index (χ3n) is 4.03. The van der Waals surface area contributed by atoms with Crippen molar-refractivity contribution in [3.63, 3.8) is 0 Å². The van der Waals surface area contributed by atoms with E-state index in [2.05, 4.69) is 0 Å². The second kappa shape index (κ2) is 5.14. The summed E-state index contributed by atoms with van der Waals surface area (Å²) < 4.78 is 4.95. The molecule has 3 atom stereocenters. The summed E-state index contributed by atoms with van der Waals surface area (Å²) in [6.45, 7) is 1.02. The van der Waals surface area contributed by atoms with E-state index in [4.69, 9.17) is 9.84 Å². The number of carbonyl (C=O) groups excluding carboxylic acids is 1. The van der Waals surface area contributed by atoms with Crippen LogP contribution in [0.3, 0.4) is 0 Å². The van der Waals surface area contributed by atoms with E-state index in [1.807, 2.05) is 0 Å². The van der Waals surface area contributed by atoms with Crippen LogP contribution in [0.1, 0.15) is 19.3 Å². The van der Waals surface area contributed by atoms with Gasteiger partial charge in [-0.2, -0.15) is 0 Å². The number of aliphatic carboxylic acids is 1. The summed E-state index contributed by atoms with van der Waals surface area (Å²) >= 11 is 0. The zero-order chi connectivity index (χ0) is 13.3. The molecule has 3 unspecified atom stereocenters. The number of fused-ring (bicyclic) bond motifs is 2. The van der Waals surface area contributed by atoms with E-state index in [0.717, 1.165) is 12.8 Å². The molecule has 0 aromatic heterocycles. The number of likely N-dealkylation sites (N-methyl/N-ethyl adjacent to an activating group) is 1. The van der Waals surface area contributed by atoms with E-state index in [-0.39, 0.29) is 24.0 Å². The van der Waals surface area contributed by atoms with Crippen LogP contribution < -0.4 is 0 Å². The first kappa shape index (κ1) is 13.1. The van der Waals surface area contributed by atoms with Crippen LogP contribution in [0, 0.1) is 5.92 Å². The van der Waals surface area contributed by atoms with Gasteiger partial charge in [0.05, 0.1) is 12.5 Å². The second-order valence-electron chi connectivity index (χ2n) is 5.08. The summed E-state index contributed by atoms with van der Waals surface area (Å²) in [6.07, 6.45) is 2.34. The first-order valence-corrected chi connectivity index (χ1v) is 6.31. The fourth-order valence-corrected chi connectivity index (χ4v) is 3.07. The van der Waals surface area contributed by atoms with E-state index in [0.29, 0.717) is 19.6 Å². The molecule has 0 radical (unpaired) electrons. The van der Waals surface area contributed by atoms with Crippen LogP contribution in [0.4, 0.5) is 4.79 Å². The largest absolute Gasteiger partial charge is 0.481 e. The van der Waals surface area contributed by atoms with Gasteiger partial charge in [-0.15, -0.1) is 0 Å². The summed E-state index contributed by atoms with van der Waals surface area (Å²) in [6, 6.07) is -0.0816. The highest BCUT2D eigenvalue weighted by Gasteiger charge is 2.51. The molecule has 6 nitrogen and oxygen atoms in total. The maximum atomic E-state index is 12.3. The number of amides is 2. The van der Waals surface area contributed by atoms with E-state index >= 15 is 0 Å². The number of carboxylic acid groups (broad SMARTS) is 1. The average Bonchev–Trinajstić information content (AvgIpc) is 2.92. The van der Waals surface area contributed by atoms with Crippen molar-refractivity contribution in [3.8, 4) is 0 Å². The van der Waals surface area contributed by atoms with Crippen LogP contribution >= 0.6 is 0 Å². The molecule has 0 aromatic rings. The van der Waals surface area contributed by atoms with Gasteiger partial charge in [0.25, 0.3) is 0 Å². The van der Waals surface area contributed by atoms with Gasteiger partial charge < -0.3 is 19.6 Å². The van der Waals surface area contributed by atoms with Gasteiger partial charge >= 0.3 is 12.0 Å². The Hall–Kier alpha value is -1.30. The van der Waals surface area contributed by atoms with E-state index < -0.39 is 5.97 Å². The minimum absolute atomic E-state index is 0.0664. The Labute approximate surface area is 106 Å². The smallest absolute Gasteiger partial charge is 0.320 e. The average molecular weight is 256 g/mol. The SMILES string of the molecule is COCCN(C)C(=O)N1C2CCC1C(C(=O)O)C2. The molecule has 0 aliphatic carbocycles. The molecule has 1 N–H and O–H groups in total. The number of ether oxygens (including phenoxy) is 1. The Balaban J connectivity index is 2.01. The molecular formula is C12H20N2O4. The summed E-state index contributed by atoms with van der Waals surface area (Å²) in [4.78, 5) is 26.8. The number of hydrogen-bond acceptors (Lipinski definition) is 3. The molecule has 0 aromatic carbocycles. The number of hydrogen-bond donors (Lipinski definition) is 1. The highest BCUT2D eigenvalue weighted by Crippen LogP contribution is 2.42. The van der Waals surface area contributed by atoms with Gasteiger partial charge in [-0.05, 0) is 19.3 Å². The van der Waals surface area contributed by atoms with Gasteiger partial charge in [-0.25, -0.2) is 4.79 Å². The lowest BCUT2D eigenvalue weighted by Gasteiger charge is -2.28. The maximum Gasteiger partial charge on any atom is 0.320 e. The van der Waals surface area contributed by atoms with Crippen molar-refractivity contribution in [1.82, 2.24) is 9.80 Å². The monoisotopic (exact) mass is 256 g/mol. The van der Waals surface area contributed by atoms with Crippen molar-refractivity contribution < 1.29 is 19.4 Å². The van der Waals surface area contributed by atoms with Gasteiger partial charge in [0.2, 0.25) is 0 Å². The van der Waals surface area contributed by atoms with Gasteiger partial charge in [0, 0.05) is 32.8 Å². The molecular weight excluding hydrogens is 236 g/mol. The Kier molecular flexibility index (Phi) is 3.75. The summed E-state index contributed by atoms with van der Waals surface area (Å²) in [7, 11) is 3.33. The first-order chi connectivity index (χ1) is 8.56. The van der Waals surface area contributed by atoms with Gasteiger partial charge in [0.15, 0.2) is 0 Å². The molecule has 2 saturated heterocycles. The van der Waals surface area contributed by atoms with Crippen molar-refractivity contribution >= 4 is 12.0 Å². The summed E-state index contributed by atoms with van der Waals surface area (Å²) in [5.74, 6) is -1.16. The number of methoxy groups -OCH3 is 1. The highest BCUT2D eigenvalue weighted by atomic mass is 16.5. The summed E-state index contributed by atoms with van der Waals surface area (Å²) in [5, 5.41) is 9.14. The molecule has 2 aliphatic rings. The molecule has 2 aliphatic heterocycles. The van der Waals surface area contributed by atoms with Crippen LogP contribution in [0.25, 0.3) is 0 Å². The van der Waals surface area contributed by atoms with Crippen molar-refractivity contribution in [3.05, 3.63) is 0 Å². The molecule has 2 fully saturated rings. The Bertz CT molecular complexity index is 347. The first-order valence-electron chi connectivity index (χ1n) is 6.31. The molecule has 6 heteroatoms. The lowest BCUT2D eigenvalue weighted by atomic mass is 9.89. The third kappa shape index (κ3) is 2.16. The Morgan fingerprint density at radius 2 is 2.17 bits per heavy atom. The van der Waals surface area contributed by atoms with Crippen molar-refractivity contribution in [2.24, 2.45) is 5.92 Å². The Morgan fingerprint density at radius 1 is 1.44 bits per heavy atom. The Morgan fingerprint density at radius 3 is 2.72 bits per heavy atom. The number of rotatable bonds is 4. The number of urea groups is 1. The van der Waals surface area contributed by atoms with E-state index in [1.165, 1.54) is 0 Å². The normalized spacial score (nSPS) is 29.7. The van der Waals surface area contributed by atoms with Crippen molar-refractivity contribution in [2.45, 2.75) is 31.3 Å². The van der Waals surface area contributed by atoms with Gasteiger partial charge in [-0.1, -0.05) is 0 Å². The van der Waals surface area contributed by atoms with Crippen LogP contribution in [0.15, 0.2) is 0 Å². The quantitative estimate of drug-likeness (QED) is 0.800. The number of nitrogens with zero attached hydrogens (tertiary/aromatic N) is 2.